The zero-order valence-corrected chi connectivity index (χ0v) is 17.6. The molecule has 0 radical (unpaired) electrons. The number of esters is 1. The van der Waals surface area contributed by atoms with Crippen LogP contribution in [0.15, 0.2) is 23.2 Å². The van der Waals surface area contributed by atoms with Gasteiger partial charge in [-0.3, -0.25) is 11.1 Å². The predicted octanol–water partition coefficient (Wildman–Crippen LogP) is -2.10. The van der Waals surface area contributed by atoms with Crippen molar-refractivity contribution < 1.29 is 42.6 Å². The first kappa shape index (κ1) is 23.1. The summed E-state index contributed by atoms with van der Waals surface area (Å²) in [7, 11) is 0. The van der Waals surface area contributed by atoms with Crippen LogP contribution in [0.4, 0.5) is 13.2 Å². The quantitative estimate of drug-likeness (QED) is 0.147. The van der Waals surface area contributed by atoms with E-state index >= 15 is 0 Å². The van der Waals surface area contributed by atoms with E-state index in [1.165, 1.54) is 18.4 Å². The smallest absolute Gasteiger partial charge is 0.416 e. The van der Waals surface area contributed by atoms with Gasteiger partial charge in [-0.2, -0.15) is 13.2 Å². The number of benzene rings is 1. The highest BCUT2D eigenvalue weighted by molar-refractivity contribution is 5.91. The Morgan fingerprint density at radius 1 is 1.33 bits per heavy atom. The van der Waals surface area contributed by atoms with Gasteiger partial charge in [-0.15, -0.1) is 0 Å². The highest BCUT2D eigenvalue weighted by Gasteiger charge is 2.78. The molecule has 4 rings (SSSR count). The third-order valence-corrected chi connectivity index (χ3v) is 6.40. The van der Waals surface area contributed by atoms with E-state index in [-0.39, 0.29) is 23.0 Å². The van der Waals surface area contributed by atoms with Crippen LogP contribution in [-0.2, 0) is 10.9 Å². The number of aliphatic imine (C=N–C) groups is 1. The number of nitrogens with one attached hydrogen (secondary N) is 2. The van der Waals surface area contributed by atoms with Crippen molar-refractivity contribution in [2.75, 3.05) is 6.61 Å². The second-order valence-corrected chi connectivity index (χ2v) is 8.36. The standard InChI is InChI=1S/C19H23F3N6O5/c1-7-3-4-9(19(20,21)22)5-10(7)14(30)33-13-8(2)28-16(24)25-11(6-29)12-17(28,18(13,31)32)27-15(23)26-12/h3-5,8,11-13,29,31-32H,6H2,1-2H3,(H5,23,24,25,26,27)/p+1/t8-,11-,12-,13-,17-/m0/s1. The van der Waals surface area contributed by atoms with Crippen LogP contribution in [0.1, 0.15) is 28.4 Å². The van der Waals surface area contributed by atoms with Crippen LogP contribution in [0.3, 0.4) is 0 Å². The maximum absolute atomic E-state index is 13.1. The molecule has 1 fully saturated rings. The maximum atomic E-state index is 13.1. The Bertz CT molecular complexity index is 1070. The molecule has 0 bridgehead atoms. The number of hydrogen-bond donors (Lipinski definition) is 7. The second-order valence-electron chi connectivity index (χ2n) is 8.36. The van der Waals surface area contributed by atoms with Gasteiger partial charge in [0, 0.05) is 0 Å². The molecule has 11 nitrogen and oxygen atoms in total. The lowest BCUT2D eigenvalue weighted by Crippen LogP contribution is -2.78. The maximum Gasteiger partial charge on any atom is 0.416 e. The van der Waals surface area contributed by atoms with E-state index in [0.717, 1.165) is 12.1 Å². The summed E-state index contributed by atoms with van der Waals surface area (Å²) in [6, 6.07) is -0.323. The van der Waals surface area contributed by atoms with Gasteiger partial charge in [-0.25, -0.2) is 14.4 Å². The molecule has 0 amide bonds. The molecule has 33 heavy (non-hydrogen) atoms. The molecule has 5 atom stereocenters. The van der Waals surface area contributed by atoms with E-state index < -0.39 is 60.0 Å². The third-order valence-electron chi connectivity index (χ3n) is 6.40. The van der Waals surface area contributed by atoms with Crippen molar-refractivity contribution >= 4 is 17.9 Å². The number of carbonyl (C=O) groups excluding carboxylic acids is 1. The van der Waals surface area contributed by atoms with Crippen LogP contribution >= 0.6 is 0 Å². The van der Waals surface area contributed by atoms with Crippen molar-refractivity contribution in [3.63, 3.8) is 0 Å². The summed E-state index contributed by atoms with van der Waals surface area (Å²) < 4.78 is 46.1. The number of alkyl halides is 3. The molecule has 1 aromatic rings. The Kier molecular flexibility index (Phi) is 5.03. The summed E-state index contributed by atoms with van der Waals surface area (Å²) >= 11 is 0. The van der Waals surface area contributed by atoms with Crippen molar-refractivity contribution in [2.45, 2.75) is 55.7 Å². The van der Waals surface area contributed by atoms with Crippen LogP contribution < -0.4 is 22.1 Å². The molecule has 9 N–H and O–H groups in total. The summed E-state index contributed by atoms with van der Waals surface area (Å²) in [6.45, 7) is 2.41. The number of halogens is 3. The van der Waals surface area contributed by atoms with Gasteiger partial charge >= 0.3 is 18.1 Å². The van der Waals surface area contributed by atoms with Gasteiger partial charge in [0.1, 0.15) is 12.1 Å². The molecular formula is C19H24F3N6O5+. The van der Waals surface area contributed by atoms with Crippen molar-refractivity contribution in [1.82, 2.24) is 10.6 Å². The minimum absolute atomic E-state index is 0.0727. The lowest BCUT2D eigenvalue weighted by atomic mass is 9.86. The molecule has 1 spiro atoms. The fourth-order valence-corrected chi connectivity index (χ4v) is 4.90. The molecule has 0 aliphatic carbocycles. The average molecular weight is 473 g/mol. The number of aryl methyl sites for hydroxylation is 1. The van der Waals surface area contributed by atoms with Gasteiger partial charge in [0.15, 0.2) is 18.1 Å². The SMILES string of the molecule is Cc1ccc(C(F)(F)F)cc1C(=O)O[C@H]1[C@H](C)[N+]2=C(N)N[C@@H](CO)[C@@H]3N=C(N)N[C@@]32C1(O)O. The lowest BCUT2D eigenvalue weighted by molar-refractivity contribution is -0.646. The fourth-order valence-electron chi connectivity index (χ4n) is 4.90. The Morgan fingerprint density at radius 3 is 2.61 bits per heavy atom. The van der Waals surface area contributed by atoms with Crippen LogP contribution in [-0.4, -0.2) is 80.1 Å². The number of nitrogens with zero attached hydrogens (tertiary/aromatic N) is 2. The normalized spacial score (nSPS) is 32.4. The number of aliphatic hydroxyl groups excluding tert-OH is 1. The first-order valence-corrected chi connectivity index (χ1v) is 10.00. The van der Waals surface area contributed by atoms with Gasteiger partial charge < -0.3 is 31.1 Å². The van der Waals surface area contributed by atoms with E-state index in [1.807, 2.05) is 0 Å². The summed E-state index contributed by atoms with van der Waals surface area (Å²) in [6.07, 6.45) is -6.38. The molecule has 0 unspecified atom stereocenters. The fraction of sp³-hybridized carbons (Fsp3) is 0.526. The molecule has 0 aromatic heterocycles. The third kappa shape index (κ3) is 3.12. The van der Waals surface area contributed by atoms with E-state index in [2.05, 4.69) is 15.6 Å². The van der Waals surface area contributed by atoms with Gasteiger partial charge in [-0.1, -0.05) is 6.07 Å². The Labute approximate surface area is 185 Å². The molecule has 3 heterocycles. The number of rotatable bonds is 3. The molecule has 3 aliphatic rings. The van der Waals surface area contributed by atoms with E-state index in [4.69, 9.17) is 16.2 Å². The number of guanidine groups is 2. The van der Waals surface area contributed by atoms with Crippen molar-refractivity contribution in [1.29, 1.82) is 0 Å². The molecule has 14 heteroatoms. The van der Waals surface area contributed by atoms with Gasteiger partial charge in [0.25, 0.3) is 5.79 Å². The minimum Gasteiger partial charge on any atom is -0.449 e. The van der Waals surface area contributed by atoms with E-state index in [9.17, 15) is 33.3 Å². The van der Waals surface area contributed by atoms with Crippen LogP contribution in [0, 0.1) is 6.92 Å². The summed E-state index contributed by atoms with van der Waals surface area (Å²) in [5.41, 5.74) is 8.75. The molecule has 180 valence electrons. The zero-order valence-electron chi connectivity index (χ0n) is 17.6. The Balaban J connectivity index is 1.75. The second kappa shape index (κ2) is 7.20. The molecule has 1 aromatic carbocycles. The molecular weight excluding hydrogens is 449 g/mol. The van der Waals surface area contributed by atoms with E-state index in [1.54, 1.807) is 0 Å². The summed E-state index contributed by atoms with van der Waals surface area (Å²) in [5.74, 6) is -4.29. The highest BCUT2D eigenvalue weighted by Crippen LogP contribution is 2.45. The Morgan fingerprint density at radius 2 is 2.00 bits per heavy atom. The highest BCUT2D eigenvalue weighted by atomic mass is 19.4. The van der Waals surface area contributed by atoms with Gasteiger partial charge in [0.05, 0.1) is 17.7 Å². The van der Waals surface area contributed by atoms with Crippen LogP contribution in [0.5, 0.6) is 0 Å². The number of hydrogen-bond acceptors (Lipinski definition) is 10. The largest absolute Gasteiger partial charge is 0.449 e. The first-order chi connectivity index (χ1) is 15.3. The predicted molar refractivity (Wildman–Crippen MR) is 107 cm³/mol. The zero-order chi connectivity index (χ0) is 24.5. The average Bonchev–Trinajstić information content (AvgIpc) is 3.14. The first-order valence-electron chi connectivity index (χ1n) is 10.00. The molecule has 0 saturated carbocycles. The van der Waals surface area contributed by atoms with E-state index in [0.29, 0.717) is 6.07 Å². The number of aliphatic hydroxyl groups is 3. The van der Waals surface area contributed by atoms with Crippen molar-refractivity contribution in [3.05, 3.63) is 34.9 Å². The number of ether oxygens (including phenoxy) is 1. The van der Waals surface area contributed by atoms with Crippen molar-refractivity contribution in [3.8, 4) is 0 Å². The Hall–Kier alpha value is -3.10. The summed E-state index contributed by atoms with van der Waals surface area (Å²) in [4.78, 5) is 17.0. The van der Waals surface area contributed by atoms with Gasteiger partial charge in [0.2, 0.25) is 5.66 Å². The lowest BCUT2D eigenvalue weighted by Gasteiger charge is -2.43. The van der Waals surface area contributed by atoms with Crippen LogP contribution in [0.25, 0.3) is 0 Å². The topological polar surface area (TPSA) is 178 Å². The molecule has 1 saturated heterocycles. The van der Waals surface area contributed by atoms with Crippen LogP contribution in [0.2, 0.25) is 0 Å². The van der Waals surface area contributed by atoms with Gasteiger partial charge in [-0.05, 0) is 31.5 Å². The number of nitrogens with two attached hydrogens (primary N) is 2. The molecule has 3 aliphatic heterocycles. The van der Waals surface area contributed by atoms with Crippen molar-refractivity contribution in [2.24, 2.45) is 16.5 Å². The monoisotopic (exact) mass is 473 g/mol. The minimum atomic E-state index is -4.69. The number of carbonyl (C=O) groups is 1. The summed E-state index contributed by atoms with van der Waals surface area (Å²) in [5, 5.41) is 37.8.